The quantitative estimate of drug-likeness (QED) is 0.111. The Morgan fingerprint density at radius 3 is 1.58 bits per heavy atom. The molecule has 2 amide bonds. The van der Waals surface area contributed by atoms with Gasteiger partial charge in [-0.1, -0.05) is 47.5 Å². The topological polar surface area (TPSA) is 148 Å². The summed E-state index contributed by atoms with van der Waals surface area (Å²) in [5, 5.41) is 30.1. The van der Waals surface area contributed by atoms with E-state index in [1.807, 2.05) is 0 Å². The van der Waals surface area contributed by atoms with Gasteiger partial charge in [-0.2, -0.15) is 10.5 Å². The first-order valence-corrected chi connectivity index (χ1v) is 19.8. The van der Waals surface area contributed by atoms with Gasteiger partial charge in [-0.25, -0.2) is 15.4 Å². The maximum absolute atomic E-state index is 13.1. The van der Waals surface area contributed by atoms with E-state index < -0.39 is 17.1 Å². The molecule has 4 aromatic carbocycles. The Hall–Kier alpha value is -6.04. The van der Waals surface area contributed by atoms with Gasteiger partial charge in [-0.3, -0.25) is 19.2 Å². The number of likely N-dealkylation sites (tertiary alicyclic amines) is 2. The maximum Gasteiger partial charge on any atom is 0.355 e. The Balaban J connectivity index is 0.000000228. The van der Waals surface area contributed by atoms with Crippen LogP contribution in [0.1, 0.15) is 59.0 Å². The van der Waals surface area contributed by atoms with E-state index in [1.54, 1.807) is 52.3 Å². The number of carbonyl (C=O) groups excluding carboxylic acids is 3. The van der Waals surface area contributed by atoms with Crippen molar-refractivity contribution in [3.63, 3.8) is 0 Å². The molecule has 2 aliphatic heterocycles. The normalized spacial score (nSPS) is 15.8. The molecule has 1 N–H and O–H groups in total. The van der Waals surface area contributed by atoms with E-state index in [4.69, 9.17) is 39.2 Å². The average molecular weight is 857 g/mol. The minimum atomic E-state index is -1.43. The standard InChI is InChI=1S/C23H21ClFN3O3.C22H20ClFN2O3/c1-27-22(30)19-12-17(24)4-7-20(19)31-14-21(29)28-10-8-23(15-26,9-11-28)13-16-2-5-18(25)6-3-16;23-18-3-6-20(17(11-18)13-27)29-14-21(28)26-9-7-22(15-25,8-10-26)12-16-1-4-19(24)5-2-16/h2-7,12,22,30H,8-11,13-14H2;1-6,11,13H,7-10,12,14H2. The number of nitrogens with zero attached hydrogens (tertiary/aromatic N) is 5. The summed E-state index contributed by atoms with van der Waals surface area (Å²) < 4.78 is 37.3. The SMILES string of the molecule is N#CC1(Cc2ccc(F)cc2)CCN(C(=O)COc2ccc(Cl)cc2C=O)CC1.[C-]#[N+]C(O)c1cc(Cl)ccc1OCC(=O)N1CCC(C#N)(Cc2ccc(F)cc2)CC1. The third-order valence-corrected chi connectivity index (χ3v) is 11.2. The van der Waals surface area contributed by atoms with Crippen molar-refractivity contribution in [3.8, 4) is 23.6 Å². The second-order valence-corrected chi connectivity index (χ2v) is 15.6. The van der Waals surface area contributed by atoms with Gasteiger partial charge in [0.15, 0.2) is 19.5 Å². The number of amides is 2. The molecule has 0 bridgehead atoms. The monoisotopic (exact) mass is 855 g/mol. The van der Waals surface area contributed by atoms with E-state index in [2.05, 4.69) is 17.0 Å². The highest BCUT2D eigenvalue weighted by Crippen LogP contribution is 2.36. The first-order valence-electron chi connectivity index (χ1n) is 19.0. The van der Waals surface area contributed by atoms with Crippen LogP contribution in [-0.2, 0) is 22.4 Å². The number of ether oxygens (including phenoxy) is 2. The van der Waals surface area contributed by atoms with E-state index in [1.165, 1.54) is 42.5 Å². The minimum absolute atomic E-state index is 0.194. The molecule has 11 nitrogen and oxygen atoms in total. The van der Waals surface area contributed by atoms with Crippen molar-refractivity contribution in [2.75, 3.05) is 39.4 Å². The molecule has 310 valence electrons. The lowest BCUT2D eigenvalue weighted by molar-refractivity contribution is -0.136. The lowest BCUT2D eigenvalue weighted by Gasteiger charge is -2.37. The molecule has 2 heterocycles. The molecule has 0 radical (unpaired) electrons. The number of halogens is 4. The number of aliphatic hydroxyl groups excluding tert-OH is 1. The predicted octanol–water partition coefficient (Wildman–Crippen LogP) is 8.19. The van der Waals surface area contributed by atoms with Crippen LogP contribution in [0.2, 0.25) is 10.0 Å². The summed E-state index contributed by atoms with van der Waals surface area (Å²) in [6.07, 6.45) is 2.32. The van der Waals surface area contributed by atoms with Crippen LogP contribution < -0.4 is 9.47 Å². The van der Waals surface area contributed by atoms with Gasteiger partial charge in [-0.05, 0) is 110 Å². The van der Waals surface area contributed by atoms with Crippen molar-refractivity contribution in [2.24, 2.45) is 10.8 Å². The van der Waals surface area contributed by atoms with E-state index in [-0.39, 0.29) is 53.5 Å². The molecule has 2 saturated heterocycles. The molecule has 0 spiro atoms. The van der Waals surface area contributed by atoms with Crippen molar-refractivity contribution < 1.29 is 37.7 Å². The zero-order chi connectivity index (χ0) is 43.3. The first kappa shape index (κ1) is 45.1. The lowest BCUT2D eigenvalue weighted by Crippen LogP contribution is -2.45. The Bertz CT molecular complexity index is 2280. The molecular weight excluding hydrogens is 815 g/mol. The predicted molar refractivity (Wildman–Crippen MR) is 219 cm³/mol. The highest BCUT2D eigenvalue weighted by atomic mass is 35.5. The second kappa shape index (κ2) is 20.8. The van der Waals surface area contributed by atoms with Gasteiger partial charge in [0, 0.05) is 36.2 Å². The Labute approximate surface area is 357 Å². The Morgan fingerprint density at radius 1 is 0.750 bits per heavy atom. The molecule has 4 aromatic rings. The number of hydrogen-bond acceptors (Lipinski definition) is 8. The molecule has 0 aliphatic carbocycles. The van der Waals surface area contributed by atoms with Crippen LogP contribution in [0, 0.1) is 51.7 Å². The molecule has 2 aliphatic rings. The molecule has 60 heavy (non-hydrogen) atoms. The number of nitriles is 2. The maximum atomic E-state index is 13.1. The Morgan fingerprint density at radius 2 is 1.17 bits per heavy atom. The number of carbonyl (C=O) groups is 3. The molecule has 6 rings (SSSR count). The number of aliphatic hydroxyl groups is 1. The van der Waals surface area contributed by atoms with Crippen LogP contribution in [0.4, 0.5) is 8.78 Å². The molecule has 2 fully saturated rings. The molecular formula is C45H41Cl2F2N5O6. The number of hydrogen-bond donors (Lipinski definition) is 1. The number of benzene rings is 4. The van der Waals surface area contributed by atoms with Gasteiger partial charge in [0.05, 0.1) is 28.5 Å². The highest BCUT2D eigenvalue weighted by molar-refractivity contribution is 6.31. The zero-order valence-corrected chi connectivity index (χ0v) is 34.0. The van der Waals surface area contributed by atoms with Crippen LogP contribution in [0.3, 0.4) is 0 Å². The number of rotatable bonds is 12. The van der Waals surface area contributed by atoms with Crippen molar-refractivity contribution in [1.82, 2.24) is 9.80 Å². The third-order valence-electron chi connectivity index (χ3n) is 10.7. The van der Waals surface area contributed by atoms with Crippen molar-refractivity contribution >= 4 is 41.3 Å². The van der Waals surface area contributed by atoms with E-state index >= 15 is 0 Å². The van der Waals surface area contributed by atoms with Crippen LogP contribution in [0.15, 0.2) is 84.9 Å². The average Bonchev–Trinajstić information content (AvgIpc) is 3.27. The zero-order valence-electron chi connectivity index (χ0n) is 32.5. The summed E-state index contributed by atoms with van der Waals surface area (Å²) >= 11 is 11.8. The highest BCUT2D eigenvalue weighted by Gasteiger charge is 2.38. The summed E-state index contributed by atoms with van der Waals surface area (Å²) in [6.45, 7) is 8.25. The largest absolute Gasteiger partial charge is 0.483 e. The summed E-state index contributed by atoms with van der Waals surface area (Å²) in [7, 11) is 0. The molecule has 1 atom stereocenters. The summed E-state index contributed by atoms with van der Waals surface area (Å²) in [5.74, 6) is -0.545. The summed E-state index contributed by atoms with van der Waals surface area (Å²) in [5.41, 5.74) is 1.11. The van der Waals surface area contributed by atoms with Crippen LogP contribution in [0.25, 0.3) is 4.85 Å². The first-order chi connectivity index (χ1) is 28.8. The van der Waals surface area contributed by atoms with Crippen molar-refractivity contribution in [2.45, 2.75) is 44.8 Å². The van der Waals surface area contributed by atoms with E-state index in [0.29, 0.717) is 86.8 Å². The van der Waals surface area contributed by atoms with Gasteiger partial charge in [-0.15, -0.1) is 0 Å². The van der Waals surface area contributed by atoms with Crippen LogP contribution in [-0.4, -0.2) is 72.4 Å². The van der Waals surface area contributed by atoms with Gasteiger partial charge in [0.25, 0.3) is 11.8 Å². The van der Waals surface area contributed by atoms with Gasteiger partial charge in [0.1, 0.15) is 28.7 Å². The molecule has 0 aromatic heterocycles. The number of piperidine rings is 2. The van der Waals surface area contributed by atoms with Crippen LogP contribution >= 0.6 is 23.2 Å². The van der Waals surface area contributed by atoms with Gasteiger partial charge >= 0.3 is 6.23 Å². The fourth-order valence-corrected chi connectivity index (χ4v) is 7.50. The van der Waals surface area contributed by atoms with Crippen LogP contribution in [0.5, 0.6) is 11.5 Å². The minimum Gasteiger partial charge on any atom is -0.483 e. The fourth-order valence-electron chi connectivity index (χ4n) is 7.14. The smallest absolute Gasteiger partial charge is 0.355 e. The van der Waals surface area contributed by atoms with Crippen molar-refractivity contribution in [3.05, 3.63) is 140 Å². The van der Waals surface area contributed by atoms with E-state index in [9.17, 15) is 38.8 Å². The van der Waals surface area contributed by atoms with E-state index in [0.717, 1.165) is 11.1 Å². The van der Waals surface area contributed by atoms with Crippen molar-refractivity contribution in [1.29, 1.82) is 10.5 Å². The van der Waals surface area contributed by atoms with Gasteiger partial charge in [0.2, 0.25) is 0 Å². The number of aldehydes is 1. The second-order valence-electron chi connectivity index (χ2n) is 14.7. The molecule has 15 heteroatoms. The summed E-state index contributed by atoms with van der Waals surface area (Å²) in [4.78, 5) is 42.6. The fraction of sp³-hybridized carbons (Fsp3) is 0.333. The third kappa shape index (κ3) is 12.0. The summed E-state index contributed by atoms with van der Waals surface area (Å²) in [6, 6.07) is 26.2. The molecule has 0 saturated carbocycles. The van der Waals surface area contributed by atoms with Gasteiger partial charge < -0.3 is 24.4 Å². The lowest BCUT2D eigenvalue weighted by atomic mass is 9.75. The molecule has 1 unspecified atom stereocenters. The Kier molecular flexibility index (Phi) is 15.6.